The Bertz CT molecular complexity index is 584. The number of hydrogen-bond donors (Lipinski definition) is 0. The fraction of sp³-hybridized carbons (Fsp3) is 0.250. The molecule has 1 saturated carbocycles. The van der Waals surface area contributed by atoms with Crippen LogP contribution >= 0.6 is 0 Å². The van der Waals surface area contributed by atoms with Crippen molar-refractivity contribution in [2.75, 3.05) is 0 Å². The van der Waals surface area contributed by atoms with Gasteiger partial charge in [0.25, 0.3) is 0 Å². The Morgan fingerprint density at radius 3 is 2.71 bits per heavy atom. The quantitative estimate of drug-likeness (QED) is 0.774. The average molecular weight is 223 g/mol. The van der Waals surface area contributed by atoms with Gasteiger partial charge in [0.15, 0.2) is 0 Å². The highest BCUT2D eigenvalue weighted by atomic mass is 14.9. The molecule has 5 heteroatoms. The molecule has 1 fully saturated rings. The van der Waals surface area contributed by atoms with Crippen molar-refractivity contribution < 1.29 is 0 Å². The second-order valence-corrected chi connectivity index (χ2v) is 3.97. The van der Waals surface area contributed by atoms with Gasteiger partial charge in [0.2, 0.25) is 0 Å². The van der Waals surface area contributed by atoms with Gasteiger partial charge in [-0.25, -0.2) is 9.97 Å². The number of aromatic nitrogens is 4. The van der Waals surface area contributed by atoms with Crippen LogP contribution in [0, 0.1) is 11.3 Å². The van der Waals surface area contributed by atoms with Crippen LogP contribution in [-0.4, -0.2) is 19.9 Å². The molecular weight excluding hydrogens is 214 g/mol. The second kappa shape index (κ2) is 3.91. The van der Waals surface area contributed by atoms with E-state index in [0.29, 0.717) is 23.0 Å². The van der Waals surface area contributed by atoms with E-state index in [-0.39, 0.29) is 0 Å². The molecule has 0 saturated heterocycles. The highest BCUT2D eigenvalue weighted by Gasteiger charge is 2.27. The summed E-state index contributed by atoms with van der Waals surface area (Å²) in [6.07, 6.45) is 7.07. The van der Waals surface area contributed by atoms with Gasteiger partial charge in [-0.15, -0.1) is 0 Å². The Labute approximate surface area is 98.2 Å². The molecule has 0 N–H and O–H groups in total. The Hall–Kier alpha value is -2.35. The summed E-state index contributed by atoms with van der Waals surface area (Å²) in [4.78, 5) is 16.9. The molecule has 0 bridgehead atoms. The molecule has 0 amide bonds. The minimum atomic E-state index is 0.391. The van der Waals surface area contributed by atoms with E-state index in [1.165, 1.54) is 0 Å². The van der Waals surface area contributed by atoms with Crippen LogP contribution in [0.1, 0.15) is 30.3 Å². The highest BCUT2D eigenvalue weighted by molar-refractivity contribution is 5.54. The van der Waals surface area contributed by atoms with Crippen molar-refractivity contribution in [1.82, 2.24) is 19.9 Å². The van der Waals surface area contributed by atoms with Crippen LogP contribution in [0.5, 0.6) is 0 Å². The van der Waals surface area contributed by atoms with Crippen LogP contribution in [0.25, 0.3) is 11.4 Å². The van der Waals surface area contributed by atoms with E-state index >= 15 is 0 Å². The summed E-state index contributed by atoms with van der Waals surface area (Å²) >= 11 is 0. The smallest absolute Gasteiger partial charge is 0.144 e. The predicted molar refractivity (Wildman–Crippen MR) is 59.7 cm³/mol. The van der Waals surface area contributed by atoms with Gasteiger partial charge in [0, 0.05) is 24.4 Å². The third kappa shape index (κ3) is 1.97. The summed E-state index contributed by atoms with van der Waals surface area (Å²) in [5, 5.41) is 8.96. The molecule has 0 aliphatic heterocycles. The first-order valence-corrected chi connectivity index (χ1v) is 5.42. The van der Waals surface area contributed by atoms with Crippen LogP contribution in [0.4, 0.5) is 0 Å². The van der Waals surface area contributed by atoms with Gasteiger partial charge in [-0.3, -0.25) is 9.97 Å². The van der Waals surface area contributed by atoms with Gasteiger partial charge >= 0.3 is 0 Å². The third-order valence-corrected chi connectivity index (χ3v) is 2.63. The standard InChI is InChI=1S/C12H9N5/c13-6-9-5-10(11-7-14-3-4-15-11)17-12(16-9)8-1-2-8/h3-5,7-8H,1-2H2. The van der Waals surface area contributed by atoms with E-state index in [1.807, 2.05) is 0 Å². The molecule has 2 aromatic heterocycles. The van der Waals surface area contributed by atoms with Gasteiger partial charge in [0.1, 0.15) is 23.3 Å². The first kappa shape index (κ1) is 9.85. The van der Waals surface area contributed by atoms with Crippen LogP contribution < -0.4 is 0 Å². The van der Waals surface area contributed by atoms with Crippen molar-refractivity contribution in [2.45, 2.75) is 18.8 Å². The fourth-order valence-corrected chi connectivity index (χ4v) is 1.61. The Morgan fingerprint density at radius 1 is 1.18 bits per heavy atom. The lowest BCUT2D eigenvalue weighted by molar-refractivity contribution is 0.918. The first-order chi connectivity index (χ1) is 8.36. The van der Waals surface area contributed by atoms with Crippen LogP contribution in [0.3, 0.4) is 0 Å². The molecule has 2 heterocycles. The SMILES string of the molecule is N#Cc1cc(-c2cnccn2)nc(C2CC2)n1. The Kier molecular flexibility index (Phi) is 2.26. The maximum absolute atomic E-state index is 8.96. The summed E-state index contributed by atoms with van der Waals surface area (Å²) in [5.74, 6) is 1.17. The monoisotopic (exact) mass is 223 g/mol. The van der Waals surface area contributed by atoms with E-state index in [4.69, 9.17) is 5.26 Å². The highest BCUT2D eigenvalue weighted by Crippen LogP contribution is 2.38. The molecule has 1 aliphatic rings. The summed E-state index contributed by atoms with van der Waals surface area (Å²) in [6, 6.07) is 3.71. The number of nitrogens with zero attached hydrogens (tertiary/aromatic N) is 5. The van der Waals surface area contributed by atoms with Crippen LogP contribution in [0.15, 0.2) is 24.7 Å². The van der Waals surface area contributed by atoms with E-state index in [1.54, 1.807) is 24.7 Å². The second-order valence-electron chi connectivity index (χ2n) is 3.97. The lowest BCUT2D eigenvalue weighted by atomic mass is 10.2. The van der Waals surface area contributed by atoms with Crippen molar-refractivity contribution in [3.8, 4) is 17.5 Å². The van der Waals surface area contributed by atoms with Crippen molar-refractivity contribution in [2.24, 2.45) is 0 Å². The van der Waals surface area contributed by atoms with E-state index < -0.39 is 0 Å². The van der Waals surface area contributed by atoms with Crippen LogP contribution in [-0.2, 0) is 0 Å². The Morgan fingerprint density at radius 2 is 2.06 bits per heavy atom. The predicted octanol–water partition coefficient (Wildman–Crippen LogP) is 1.68. The lowest BCUT2D eigenvalue weighted by Gasteiger charge is -2.02. The van der Waals surface area contributed by atoms with Gasteiger partial charge in [-0.05, 0) is 12.8 Å². The van der Waals surface area contributed by atoms with Crippen molar-refractivity contribution in [3.63, 3.8) is 0 Å². The molecule has 0 radical (unpaired) electrons. The molecule has 17 heavy (non-hydrogen) atoms. The molecule has 0 unspecified atom stereocenters. The molecule has 5 nitrogen and oxygen atoms in total. The van der Waals surface area contributed by atoms with E-state index in [9.17, 15) is 0 Å². The van der Waals surface area contributed by atoms with E-state index in [0.717, 1.165) is 18.7 Å². The Balaban J connectivity index is 2.10. The molecule has 1 aliphatic carbocycles. The van der Waals surface area contributed by atoms with Crippen LogP contribution in [0.2, 0.25) is 0 Å². The largest absolute Gasteiger partial charge is 0.261 e. The number of nitriles is 1. The number of hydrogen-bond acceptors (Lipinski definition) is 5. The molecule has 0 aromatic carbocycles. The minimum Gasteiger partial charge on any atom is -0.261 e. The summed E-state index contributed by atoms with van der Waals surface area (Å²) < 4.78 is 0. The van der Waals surface area contributed by atoms with Gasteiger partial charge < -0.3 is 0 Å². The molecule has 2 aromatic rings. The van der Waals surface area contributed by atoms with Gasteiger partial charge in [-0.1, -0.05) is 0 Å². The molecule has 0 spiro atoms. The maximum Gasteiger partial charge on any atom is 0.144 e. The van der Waals surface area contributed by atoms with Gasteiger partial charge in [0.05, 0.1) is 11.9 Å². The zero-order chi connectivity index (χ0) is 11.7. The van der Waals surface area contributed by atoms with Crippen molar-refractivity contribution in [3.05, 3.63) is 36.2 Å². The first-order valence-electron chi connectivity index (χ1n) is 5.42. The maximum atomic E-state index is 8.96. The average Bonchev–Trinajstić information content (AvgIpc) is 3.23. The zero-order valence-electron chi connectivity index (χ0n) is 9.04. The fourth-order valence-electron chi connectivity index (χ4n) is 1.61. The molecule has 3 rings (SSSR count). The van der Waals surface area contributed by atoms with Crippen molar-refractivity contribution >= 4 is 0 Å². The zero-order valence-corrected chi connectivity index (χ0v) is 9.04. The normalized spacial score (nSPS) is 14.3. The summed E-state index contributed by atoms with van der Waals surface area (Å²) in [6.45, 7) is 0. The third-order valence-electron chi connectivity index (χ3n) is 2.63. The van der Waals surface area contributed by atoms with E-state index in [2.05, 4.69) is 26.0 Å². The summed E-state index contributed by atoms with van der Waals surface area (Å²) in [7, 11) is 0. The van der Waals surface area contributed by atoms with Crippen molar-refractivity contribution in [1.29, 1.82) is 5.26 Å². The summed E-state index contributed by atoms with van der Waals surface area (Å²) in [5.41, 5.74) is 1.74. The lowest BCUT2D eigenvalue weighted by Crippen LogP contribution is -1.99. The topological polar surface area (TPSA) is 75.3 Å². The molecule has 0 atom stereocenters. The molecule has 82 valence electrons. The minimum absolute atomic E-state index is 0.391. The van der Waals surface area contributed by atoms with Gasteiger partial charge in [-0.2, -0.15) is 5.26 Å². The molecular formula is C12H9N5. The number of rotatable bonds is 2.